The van der Waals surface area contributed by atoms with Gasteiger partial charge in [0.05, 0.1) is 12.2 Å². The summed E-state index contributed by atoms with van der Waals surface area (Å²) in [7, 11) is 3.61. The Morgan fingerprint density at radius 1 is 1.14 bits per heavy atom. The van der Waals surface area contributed by atoms with E-state index < -0.39 is 0 Å². The highest BCUT2D eigenvalue weighted by Crippen LogP contribution is 2.10. The molecule has 0 aliphatic carbocycles. The number of nitrogens with zero attached hydrogens (tertiary/aromatic N) is 7. The molecule has 0 spiro atoms. The predicted octanol–water partition coefficient (Wildman–Crippen LogP) is 0.232. The van der Waals surface area contributed by atoms with E-state index in [1.165, 1.54) is 0 Å². The molecule has 0 atom stereocenters. The molecular weight excluding hydrogens is 485 g/mol. The van der Waals surface area contributed by atoms with Crippen LogP contribution in [0.1, 0.15) is 12.1 Å². The van der Waals surface area contributed by atoms with E-state index in [0.717, 1.165) is 24.7 Å². The van der Waals surface area contributed by atoms with Crippen LogP contribution in [0.25, 0.3) is 0 Å². The number of hydrogen-bond donors (Lipinski definition) is 2. The van der Waals surface area contributed by atoms with Gasteiger partial charge in [-0.25, -0.2) is 9.97 Å². The summed E-state index contributed by atoms with van der Waals surface area (Å²) < 4.78 is 1.81. The highest BCUT2D eigenvalue weighted by molar-refractivity contribution is 14.0. The maximum absolute atomic E-state index is 12.5. The number of aliphatic imine (C=N–C) groups is 1. The van der Waals surface area contributed by atoms with Gasteiger partial charge in [0.1, 0.15) is 0 Å². The molecule has 0 saturated carbocycles. The average molecular weight is 513 g/mol. The lowest BCUT2D eigenvalue weighted by Crippen LogP contribution is -2.50. The number of guanidine groups is 1. The zero-order valence-electron chi connectivity index (χ0n) is 16.8. The Balaban J connectivity index is 0.00000300. The van der Waals surface area contributed by atoms with Crippen LogP contribution >= 0.6 is 24.0 Å². The molecule has 2 aromatic heterocycles. The van der Waals surface area contributed by atoms with Crippen LogP contribution in [0.5, 0.6) is 0 Å². The number of hydrogen-bond acceptors (Lipinski definition) is 6. The summed E-state index contributed by atoms with van der Waals surface area (Å²) in [4.78, 5) is 29.2. The molecule has 3 heterocycles. The Kier molecular flexibility index (Phi) is 9.09. The first-order valence-corrected chi connectivity index (χ1v) is 9.38. The van der Waals surface area contributed by atoms with Crippen LogP contribution < -0.4 is 15.5 Å². The van der Waals surface area contributed by atoms with Crippen LogP contribution in [-0.2, 0) is 18.4 Å². The van der Waals surface area contributed by atoms with Gasteiger partial charge >= 0.3 is 0 Å². The highest BCUT2D eigenvalue weighted by atomic mass is 127. The van der Waals surface area contributed by atoms with Crippen LogP contribution in [-0.4, -0.2) is 76.3 Å². The fourth-order valence-corrected chi connectivity index (χ4v) is 3.03. The minimum atomic E-state index is 0. The second kappa shape index (κ2) is 11.5. The van der Waals surface area contributed by atoms with Crippen molar-refractivity contribution in [1.29, 1.82) is 0 Å². The van der Waals surface area contributed by atoms with Crippen LogP contribution in [0.3, 0.4) is 0 Å². The number of aryl methyl sites for hydroxylation is 1. The minimum absolute atomic E-state index is 0. The highest BCUT2D eigenvalue weighted by Gasteiger charge is 2.22. The Hall–Kier alpha value is -2.44. The third-order valence-electron chi connectivity index (χ3n) is 4.68. The van der Waals surface area contributed by atoms with Gasteiger partial charge in [-0.1, -0.05) is 0 Å². The van der Waals surface area contributed by atoms with Crippen molar-refractivity contribution < 1.29 is 4.79 Å². The molecule has 0 bridgehead atoms. The molecule has 158 valence electrons. The van der Waals surface area contributed by atoms with Crippen molar-refractivity contribution in [3.8, 4) is 0 Å². The maximum Gasteiger partial charge on any atom is 0.225 e. The summed E-state index contributed by atoms with van der Waals surface area (Å²) in [5.41, 5.74) is 1.05. The topological polar surface area (TPSA) is 104 Å². The predicted molar refractivity (Wildman–Crippen MR) is 122 cm³/mol. The lowest BCUT2D eigenvalue weighted by molar-refractivity contribution is -0.131. The average Bonchev–Trinajstić information content (AvgIpc) is 3.16. The Labute approximate surface area is 187 Å². The lowest BCUT2D eigenvalue weighted by atomic mass is 10.3. The van der Waals surface area contributed by atoms with Gasteiger partial charge in [-0.2, -0.15) is 5.10 Å². The molecule has 0 radical (unpaired) electrons. The number of halogens is 1. The number of carbonyl (C=O) groups excluding carboxylic acids is 1. The summed E-state index contributed by atoms with van der Waals surface area (Å²) >= 11 is 0. The standard InChI is InChI=1S/C18H27N9O.HI/c1-19-17(23-14-15-4-9-24-25(15)2)20-8-5-16(28)26-10-12-27(13-11-26)18-21-6-3-7-22-18;/h3-4,6-7,9H,5,8,10-14H2,1-2H3,(H2,19,20,23);1H. The number of aromatic nitrogens is 4. The molecule has 0 aromatic carbocycles. The molecule has 1 aliphatic rings. The van der Waals surface area contributed by atoms with Gasteiger partial charge in [-0.3, -0.25) is 14.5 Å². The first-order valence-electron chi connectivity index (χ1n) is 9.38. The quantitative estimate of drug-likeness (QED) is 0.324. The summed E-state index contributed by atoms with van der Waals surface area (Å²) in [5.74, 6) is 1.53. The van der Waals surface area contributed by atoms with Gasteiger partial charge in [0.2, 0.25) is 11.9 Å². The molecule has 1 fully saturated rings. The normalized spacial score (nSPS) is 14.3. The van der Waals surface area contributed by atoms with Crippen molar-refractivity contribution in [2.24, 2.45) is 12.0 Å². The fourth-order valence-electron chi connectivity index (χ4n) is 3.03. The van der Waals surface area contributed by atoms with E-state index in [4.69, 9.17) is 0 Å². The third-order valence-corrected chi connectivity index (χ3v) is 4.68. The molecular formula is C18H28IN9O. The van der Waals surface area contributed by atoms with Gasteiger partial charge < -0.3 is 20.4 Å². The van der Waals surface area contributed by atoms with Crippen molar-refractivity contribution in [3.05, 3.63) is 36.4 Å². The van der Waals surface area contributed by atoms with Gasteiger partial charge in [-0.05, 0) is 12.1 Å². The van der Waals surface area contributed by atoms with Crippen LogP contribution in [0, 0.1) is 0 Å². The second-order valence-corrected chi connectivity index (χ2v) is 6.47. The van der Waals surface area contributed by atoms with E-state index in [-0.39, 0.29) is 29.9 Å². The zero-order valence-corrected chi connectivity index (χ0v) is 19.1. The fraction of sp³-hybridized carbons (Fsp3) is 0.500. The van der Waals surface area contributed by atoms with E-state index in [1.54, 1.807) is 31.7 Å². The van der Waals surface area contributed by atoms with E-state index >= 15 is 0 Å². The second-order valence-electron chi connectivity index (χ2n) is 6.47. The summed E-state index contributed by atoms with van der Waals surface area (Å²) in [6, 6.07) is 3.75. The smallest absolute Gasteiger partial charge is 0.225 e. The number of piperazine rings is 1. The summed E-state index contributed by atoms with van der Waals surface area (Å²) in [6.45, 7) is 4.02. The van der Waals surface area contributed by atoms with Crippen LogP contribution in [0.15, 0.2) is 35.7 Å². The molecule has 1 amide bonds. The largest absolute Gasteiger partial charge is 0.356 e. The molecule has 10 nitrogen and oxygen atoms in total. The summed E-state index contributed by atoms with van der Waals surface area (Å²) in [5, 5.41) is 10.5. The number of anilines is 1. The van der Waals surface area contributed by atoms with Crippen LogP contribution in [0.2, 0.25) is 0 Å². The van der Waals surface area contributed by atoms with Gasteiger partial charge in [0.25, 0.3) is 0 Å². The van der Waals surface area contributed by atoms with Gasteiger partial charge in [0.15, 0.2) is 5.96 Å². The molecule has 2 N–H and O–H groups in total. The molecule has 1 aliphatic heterocycles. The zero-order chi connectivity index (χ0) is 19.8. The Morgan fingerprint density at radius 3 is 2.48 bits per heavy atom. The molecule has 1 saturated heterocycles. The number of nitrogens with one attached hydrogen (secondary N) is 2. The first-order chi connectivity index (χ1) is 13.7. The van der Waals surface area contributed by atoms with Crippen LogP contribution in [0.4, 0.5) is 5.95 Å². The monoisotopic (exact) mass is 513 g/mol. The molecule has 3 rings (SSSR count). The van der Waals surface area contributed by atoms with Crippen molar-refractivity contribution in [2.45, 2.75) is 13.0 Å². The van der Waals surface area contributed by atoms with E-state index in [1.807, 2.05) is 22.7 Å². The number of amides is 1. The number of rotatable bonds is 6. The minimum Gasteiger partial charge on any atom is -0.356 e. The SMILES string of the molecule is CN=C(NCCC(=O)N1CCN(c2ncccn2)CC1)NCc1ccnn1C.I. The summed E-state index contributed by atoms with van der Waals surface area (Å²) in [6.07, 6.45) is 5.66. The molecule has 29 heavy (non-hydrogen) atoms. The van der Waals surface area contributed by atoms with Crippen molar-refractivity contribution in [3.63, 3.8) is 0 Å². The van der Waals surface area contributed by atoms with Crippen molar-refractivity contribution in [1.82, 2.24) is 35.3 Å². The molecule has 11 heteroatoms. The molecule has 2 aromatic rings. The van der Waals surface area contributed by atoms with E-state index in [9.17, 15) is 4.79 Å². The molecule has 0 unspecified atom stereocenters. The van der Waals surface area contributed by atoms with E-state index in [2.05, 4.69) is 35.6 Å². The van der Waals surface area contributed by atoms with Crippen molar-refractivity contribution >= 4 is 41.8 Å². The first kappa shape index (κ1) is 22.8. The third kappa shape index (κ3) is 6.54. The Morgan fingerprint density at radius 2 is 1.86 bits per heavy atom. The van der Waals surface area contributed by atoms with Gasteiger partial charge in [0, 0.05) is 71.8 Å². The number of carbonyl (C=O) groups is 1. The van der Waals surface area contributed by atoms with Crippen molar-refractivity contribution in [2.75, 3.05) is 44.7 Å². The van der Waals surface area contributed by atoms with Gasteiger partial charge in [-0.15, -0.1) is 24.0 Å². The Bertz CT molecular complexity index is 788. The lowest BCUT2D eigenvalue weighted by Gasteiger charge is -2.34. The van der Waals surface area contributed by atoms with E-state index in [0.29, 0.717) is 38.6 Å². The maximum atomic E-state index is 12.5.